The van der Waals surface area contributed by atoms with Crippen LogP contribution in [-0.4, -0.2) is 27.5 Å². The zero-order chi connectivity index (χ0) is 5.98. The first kappa shape index (κ1) is 6.13. The van der Waals surface area contributed by atoms with Gasteiger partial charge in [0.15, 0.2) is 0 Å². The first-order chi connectivity index (χ1) is 3.80. The molecule has 1 rings (SSSR count). The van der Waals surface area contributed by atoms with Crippen molar-refractivity contribution < 1.29 is 10.2 Å². The predicted octanol–water partition coefficient (Wildman–Crippen LogP) is -0.228. The molecule has 2 nitrogen and oxygen atoms in total. The highest BCUT2D eigenvalue weighted by Gasteiger charge is 2.15. The van der Waals surface area contributed by atoms with Gasteiger partial charge in [0, 0.05) is 5.75 Å². The number of aliphatic hydroxyl groups excluding tert-OH is 2. The maximum atomic E-state index is 8.81. The van der Waals surface area contributed by atoms with E-state index in [1.807, 2.05) is 0 Å². The predicted molar refractivity (Wildman–Crippen MR) is 32.3 cm³/mol. The van der Waals surface area contributed by atoms with Crippen molar-refractivity contribution in [3.05, 3.63) is 12.2 Å². The first-order valence-electron chi connectivity index (χ1n) is 2.36. The van der Waals surface area contributed by atoms with Crippen LogP contribution in [0.5, 0.6) is 0 Å². The van der Waals surface area contributed by atoms with E-state index in [4.69, 9.17) is 10.2 Å². The molecule has 0 amide bonds. The van der Waals surface area contributed by atoms with Gasteiger partial charge in [0.25, 0.3) is 0 Å². The van der Waals surface area contributed by atoms with Crippen LogP contribution in [0.1, 0.15) is 0 Å². The second kappa shape index (κ2) is 2.53. The zero-order valence-electron chi connectivity index (χ0n) is 4.24. The Hall–Kier alpha value is 0.01000. The number of thioether (sulfide) groups is 1. The van der Waals surface area contributed by atoms with E-state index in [1.54, 1.807) is 6.08 Å². The highest BCUT2D eigenvalue weighted by Crippen LogP contribution is 2.16. The molecular formula is C5H7O2S. The van der Waals surface area contributed by atoms with Gasteiger partial charge in [-0.05, 0) is 6.08 Å². The van der Waals surface area contributed by atoms with E-state index in [-0.39, 0.29) is 0 Å². The molecule has 1 aliphatic rings. The van der Waals surface area contributed by atoms with Crippen LogP contribution in [0.15, 0.2) is 6.08 Å². The summed E-state index contributed by atoms with van der Waals surface area (Å²) in [6, 6.07) is 0. The fourth-order valence-corrected chi connectivity index (χ4v) is 1.14. The van der Waals surface area contributed by atoms with Crippen molar-refractivity contribution >= 4 is 11.8 Å². The monoisotopic (exact) mass is 131 g/mol. The van der Waals surface area contributed by atoms with Crippen LogP contribution in [0.2, 0.25) is 0 Å². The third kappa shape index (κ3) is 1.24. The largest absolute Gasteiger partial charge is 0.385 e. The summed E-state index contributed by atoms with van der Waals surface area (Å²) in [5.74, 6) is 0.748. The molecule has 2 atom stereocenters. The van der Waals surface area contributed by atoms with E-state index in [2.05, 4.69) is 6.08 Å². The van der Waals surface area contributed by atoms with Gasteiger partial charge in [0.1, 0.15) is 11.5 Å². The lowest BCUT2D eigenvalue weighted by atomic mass is 10.3. The van der Waals surface area contributed by atoms with Gasteiger partial charge in [-0.3, -0.25) is 0 Å². The van der Waals surface area contributed by atoms with Gasteiger partial charge in [0.05, 0.1) is 0 Å². The van der Waals surface area contributed by atoms with Crippen molar-refractivity contribution in [1.29, 1.82) is 0 Å². The third-order valence-corrected chi connectivity index (χ3v) is 1.87. The van der Waals surface area contributed by atoms with Gasteiger partial charge < -0.3 is 10.2 Å². The zero-order valence-corrected chi connectivity index (χ0v) is 5.06. The Morgan fingerprint density at radius 2 is 2.38 bits per heavy atom. The summed E-state index contributed by atoms with van der Waals surface area (Å²) in [6.07, 6.45) is 3.53. The van der Waals surface area contributed by atoms with E-state index in [1.165, 1.54) is 11.8 Å². The summed E-state index contributed by atoms with van der Waals surface area (Å²) in [5, 5.41) is 17.6. The Morgan fingerprint density at radius 1 is 1.62 bits per heavy atom. The van der Waals surface area contributed by atoms with Crippen molar-refractivity contribution in [3.8, 4) is 0 Å². The fraction of sp³-hybridized carbons (Fsp3) is 0.600. The van der Waals surface area contributed by atoms with E-state index in [9.17, 15) is 0 Å². The molecule has 0 aromatic rings. The molecule has 0 aromatic carbocycles. The molecule has 1 aliphatic heterocycles. The minimum atomic E-state index is -0.784. The minimum absolute atomic E-state index is 0.667. The Bertz CT molecular complexity index is 103. The fourth-order valence-electron chi connectivity index (χ4n) is 0.489. The van der Waals surface area contributed by atoms with Crippen LogP contribution in [-0.2, 0) is 0 Å². The van der Waals surface area contributed by atoms with E-state index >= 15 is 0 Å². The molecule has 0 bridgehead atoms. The second-order valence-electron chi connectivity index (χ2n) is 1.54. The molecule has 0 aromatic heterocycles. The molecule has 0 saturated heterocycles. The molecule has 0 spiro atoms. The van der Waals surface area contributed by atoms with Gasteiger partial charge in [-0.1, -0.05) is 6.08 Å². The van der Waals surface area contributed by atoms with Crippen molar-refractivity contribution in [1.82, 2.24) is 0 Å². The average Bonchev–Trinajstić information content (AvgIpc) is 1.77. The number of rotatable bonds is 0. The molecule has 2 N–H and O–H groups in total. The summed E-state index contributed by atoms with van der Waals surface area (Å²) in [7, 11) is 0. The number of hydrogen-bond donors (Lipinski definition) is 2. The first-order valence-corrected chi connectivity index (χ1v) is 3.41. The summed E-state index contributed by atoms with van der Waals surface area (Å²) in [5.41, 5.74) is -0.667. The highest BCUT2D eigenvalue weighted by atomic mass is 32.2. The maximum absolute atomic E-state index is 8.81. The molecule has 0 aliphatic carbocycles. The van der Waals surface area contributed by atoms with Crippen LogP contribution in [0.25, 0.3) is 0 Å². The van der Waals surface area contributed by atoms with E-state index < -0.39 is 11.5 Å². The Balaban J connectivity index is 2.47. The van der Waals surface area contributed by atoms with Crippen LogP contribution in [0.3, 0.4) is 0 Å². The summed E-state index contributed by atoms with van der Waals surface area (Å²) in [4.78, 5) is 0. The smallest absolute Gasteiger partial charge is 0.130 e. The van der Waals surface area contributed by atoms with E-state index in [0.717, 1.165) is 5.75 Å². The van der Waals surface area contributed by atoms with Crippen molar-refractivity contribution in [2.45, 2.75) is 11.5 Å². The maximum Gasteiger partial charge on any atom is 0.130 e. The lowest BCUT2D eigenvalue weighted by Gasteiger charge is -2.15. The van der Waals surface area contributed by atoms with Crippen molar-refractivity contribution in [2.75, 3.05) is 5.75 Å². The molecule has 0 saturated carbocycles. The molecule has 0 fully saturated rings. The van der Waals surface area contributed by atoms with Crippen LogP contribution in [0, 0.1) is 6.08 Å². The summed E-state index contributed by atoms with van der Waals surface area (Å²) in [6.45, 7) is 0. The molecule has 1 heterocycles. The van der Waals surface area contributed by atoms with Crippen LogP contribution >= 0.6 is 11.8 Å². The Morgan fingerprint density at radius 3 is 2.75 bits per heavy atom. The standard InChI is InChI=1S/C5H7O2S/c6-4-2-1-3-8-5(4)7/h1,4-7H,3H2. The average molecular weight is 131 g/mol. The van der Waals surface area contributed by atoms with Gasteiger partial charge in [-0.15, -0.1) is 11.8 Å². The Labute approximate surface area is 52.2 Å². The normalized spacial score (nSPS) is 37.8. The SMILES string of the molecule is OC1[C]=CCSC1O. The van der Waals surface area contributed by atoms with E-state index in [0.29, 0.717) is 0 Å². The molecule has 8 heavy (non-hydrogen) atoms. The van der Waals surface area contributed by atoms with Crippen LogP contribution < -0.4 is 0 Å². The lowest BCUT2D eigenvalue weighted by Crippen LogP contribution is -2.23. The van der Waals surface area contributed by atoms with Gasteiger partial charge in [0.2, 0.25) is 0 Å². The second-order valence-corrected chi connectivity index (χ2v) is 2.69. The number of aliphatic hydroxyl groups is 2. The summed E-state index contributed by atoms with van der Waals surface area (Å²) < 4.78 is 0. The van der Waals surface area contributed by atoms with Gasteiger partial charge in [-0.25, -0.2) is 0 Å². The highest BCUT2D eigenvalue weighted by molar-refractivity contribution is 7.99. The molecule has 1 radical (unpaired) electrons. The summed E-state index contributed by atoms with van der Waals surface area (Å²) >= 11 is 1.31. The quantitative estimate of drug-likeness (QED) is 0.477. The van der Waals surface area contributed by atoms with Gasteiger partial charge >= 0.3 is 0 Å². The molecule has 3 heteroatoms. The van der Waals surface area contributed by atoms with Crippen molar-refractivity contribution in [2.24, 2.45) is 0 Å². The van der Waals surface area contributed by atoms with Gasteiger partial charge in [-0.2, -0.15) is 0 Å². The van der Waals surface area contributed by atoms with Crippen molar-refractivity contribution in [3.63, 3.8) is 0 Å². The third-order valence-electron chi connectivity index (χ3n) is 0.909. The minimum Gasteiger partial charge on any atom is -0.385 e. The molecule has 45 valence electrons. The topological polar surface area (TPSA) is 40.5 Å². The number of hydrogen-bond acceptors (Lipinski definition) is 3. The molecule has 2 unspecified atom stereocenters. The molecular weight excluding hydrogens is 124 g/mol. The Kier molecular flexibility index (Phi) is 1.94. The lowest BCUT2D eigenvalue weighted by molar-refractivity contribution is 0.101. The van der Waals surface area contributed by atoms with Crippen LogP contribution in [0.4, 0.5) is 0 Å².